The first-order valence-electron chi connectivity index (χ1n) is 33.5. The molecule has 13 aromatic carbocycles. The lowest BCUT2D eigenvalue weighted by Crippen LogP contribution is -2.18. The van der Waals surface area contributed by atoms with Crippen molar-refractivity contribution >= 4 is 153 Å². The van der Waals surface area contributed by atoms with E-state index in [1.807, 2.05) is 12.4 Å². The summed E-state index contributed by atoms with van der Waals surface area (Å²) in [7, 11) is 0. The highest BCUT2D eigenvalue weighted by molar-refractivity contribution is 6.19. The van der Waals surface area contributed by atoms with Gasteiger partial charge in [0.1, 0.15) is 11.6 Å². The summed E-state index contributed by atoms with van der Waals surface area (Å²) < 4.78 is 16.9. The zero-order chi connectivity index (χ0) is 64.7. The number of aromatic nitrogens is 9. The summed E-state index contributed by atoms with van der Waals surface area (Å²) in [6.45, 7) is 0. The third kappa shape index (κ3) is 7.15. The molecule has 10 heteroatoms. The minimum atomic E-state index is 0.462. The van der Waals surface area contributed by atoms with Gasteiger partial charge in [0.2, 0.25) is 0 Å². The molecule has 22 aromatic rings. The van der Waals surface area contributed by atoms with Gasteiger partial charge in [-0.15, -0.1) is 0 Å². The van der Waals surface area contributed by atoms with Crippen LogP contribution in [-0.4, -0.2) is 41.9 Å². The van der Waals surface area contributed by atoms with Crippen LogP contribution in [-0.2, 0) is 0 Å². The van der Waals surface area contributed by atoms with Crippen LogP contribution in [0.4, 0.5) is 0 Å². The molecule has 0 aliphatic rings. The average Bonchev–Trinajstić information content (AvgIpc) is 1.58. The molecular formula is C89H52N10. The number of hydrogen-bond donors (Lipinski definition) is 0. The molecule has 458 valence electrons. The first-order valence-corrected chi connectivity index (χ1v) is 33.5. The monoisotopic (exact) mass is 1260 g/mol. The molecule has 0 N–H and O–H groups in total. The SMILES string of the molecule is N#Cc1c(-n2c3ccccc3c3ccccc32)c(-n2c3ccc(-n4c5ccccc5c5ccccc54)cc3c3ncccc32)c(-n2c3ccccc3c3ccccc32)c(-n2c3ccc(-n4c5ccccc5c5ccccc54)cc3c3ncccc32)c1-n1c2ccccc2c2ccccc21. The van der Waals surface area contributed by atoms with Gasteiger partial charge in [0.05, 0.1) is 117 Å². The Balaban J connectivity index is 1.01. The third-order valence-corrected chi connectivity index (χ3v) is 21.0. The molecule has 99 heavy (non-hydrogen) atoms. The largest absolute Gasteiger partial charge is 0.309 e. The van der Waals surface area contributed by atoms with E-state index < -0.39 is 0 Å². The van der Waals surface area contributed by atoms with E-state index in [1.165, 1.54) is 21.5 Å². The minimum absolute atomic E-state index is 0.462. The molecular weight excluding hydrogens is 1210 g/mol. The number of para-hydroxylation sites is 10. The summed E-state index contributed by atoms with van der Waals surface area (Å²) in [6, 6.07) is 113. The first-order chi connectivity index (χ1) is 49.2. The Morgan fingerprint density at radius 2 is 0.414 bits per heavy atom. The van der Waals surface area contributed by atoms with Crippen LogP contribution in [0.3, 0.4) is 0 Å². The zero-order valence-electron chi connectivity index (χ0n) is 53.0. The molecule has 9 heterocycles. The van der Waals surface area contributed by atoms with Gasteiger partial charge in [-0.05, 0) is 121 Å². The van der Waals surface area contributed by atoms with Gasteiger partial charge >= 0.3 is 0 Å². The Morgan fingerprint density at radius 3 is 0.687 bits per heavy atom. The fourth-order valence-electron chi connectivity index (χ4n) is 17.2. The fourth-order valence-corrected chi connectivity index (χ4v) is 17.2. The van der Waals surface area contributed by atoms with Crippen molar-refractivity contribution in [1.29, 1.82) is 5.26 Å². The van der Waals surface area contributed by atoms with Crippen molar-refractivity contribution in [3.05, 3.63) is 321 Å². The summed E-state index contributed by atoms with van der Waals surface area (Å²) in [5.41, 5.74) is 21.8. The lowest BCUT2D eigenvalue weighted by molar-refractivity contribution is 0.991. The second-order valence-electron chi connectivity index (χ2n) is 25.9. The summed E-state index contributed by atoms with van der Waals surface area (Å²) >= 11 is 0. The number of benzene rings is 13. The smallest absolute Gasteiger partial charge is 0.105 e. The van der Waals surface area contributed by atoms with E-state index in [-0.39, 0.29) is 0 Å². The topological polar surface area (TPSA) is 84.1 Å². The van der Waals surface area contributed by atoms with Crippen molar-refractivity contribution in [2.24, 2.45) is 0 Å². The molecule has 0 unspecified atom stereocenters. The van der Waals surface area contributed by atoms with E-state index in [0.717, 1.165) is 160 Å². The predicted octanol–water partition coefficient (Wildman–Crippen LogP) is 22.0. The van der Waals surface area contributed by atoms with Crippen LogP contribution >= 0.6 is 0 Å². The van der Waals surface area contributed by atoms with Crippen molar-refractivity contribution in [3.8, 4) is 45.9 Å². The molecule has 0 aliphatic carbocycles. The quantitative estimate of drug-likeness (QED) is 0.159. The third-order valence-electron chi connectivity index (χ3n) is 21.0. The molecule has 9 aromatic heterocycles. The molecule has 0 aliphatic heterocycles. The van der Waals surface area contributed by atoms with E-state index in [4.69, 9.17) is 9.97 Å². The number of rotatable bonds is 7. The number of pyridine rings is 2. The maximum Gasteiger partial charge on any atom is 0.105 e. The molecule has 0 atom stereocenters. The van der Waals surface area contributed by atoms with Gasteiger partial charge in [-0.25, -0.2) is 0 Å². The van der Waals surface area contributed by atoms with Crippen LogP contribution in [0.15, 0.2) is 316 Å². The highest BCUT2D eigenvalue weighted by Crippen LogP contribution is 2.52. The standard InChI is InChI=1S/C89H52N10/c90-53-68-85(95-73-37-15-5-27-60(73)61-28-6-16-38-74(61)95)87(98-79-47-45-54(51-66(79)83-81(98)43-21-49-91-83)93-69-33-11-1-23-56(69)57-24-2-12-34-70(57)93)89(97-77-41-19-9-31-64(77)65-32-10-20-42-78(65)97)88(86(68)96-75-39-17-7-29-62(75)63-30-8-18-40-76(63)96)99-80-48-46-55(52-67(80)84-82(99)44-22-50-92-84)94-71-35-13-3-25-58(71)59-26-4-14-36-72(59)94/h1-52H. The van der Waals surface area contributed by atoms with Crippen LogP contribution in [0.2, 0.25) is 0 Å². The fraction of sp³-hybridized carbons (Fsp3) is 0. The number of hydrogen-bond acceptors (Lipinski definition) is 3. The Kier molecular flexibility index (Phi) is 10.9. The van der Waals surface area contributed by atoms with Crippen molar-refractivity contribution in [2.75, 3.05) is 0 Å². The highest BCUT2D eigenvalue weighted by Gasteiger charge is 2.37. The van der Waals surface area contributed by atoms with Gasteiger partial charge in [-0.2, -0.15) is 5.26 Å². The second kappa shape index (κ2) is 20.1. The summed E-state index contributed by atoms with van der Waals surface area (Å²) in [5.74, 6) is 0. The zero-order valence-corrected chi connectivity index (χ0v) is 53.0. The number of nitriles is 1. The Hall–Kier alpha value is -13.8. The van der Waals surface area contributed by atoms with E-state index >= 15 is 0 Å². The number of fused-ring (bicyclic) bond motifs is 21. The summed E-state index contributed by atoms with van der Waals surface area (Å²) in [6.07, 6.45) is 3.83. The van der Waals surface area contributed by atoms with Crippen LogP contribution in [0.25, 0.3) is 193 Å². The molecule has 0 saturated heterocycles. The lowest BCUT2D eigenvalue weighted by atomic mass is 10.0. The maximum atomic E-state index is 13.4. The van der Waals surface area contributed by atoms with E-state index in [0.29, 0.717) is 16.9 Å². The Bertz CT molecular complexity index is 6690. The van der Waals surface area contributed by atoms with Gasteiger partial charge in [0, 0.05) is 88.4 Å². The normalized spacial score (nSPS) is 12.2. The second-order valence-corrected chi connectivity index (χ2v) is 25.9. The van der Waals surface area contributed by atoms with Crippen molar-refractivity contribution in [2.45, 2.75) is 0 Å². The molecule has 22 rings (SSSR count). The van der Waals surface area contributed by atoms with Gasteiger partial charge < -0.3 is 32.0 Å². The predicted molar refractivity (Wildman–Crippen MR) is 407 cm³/mol. The average molecular weight is 1260 g/mol. The Labute approximate surface area is 564 Å². The highest BCUT2D eigenvalue weighted by atomic mass is 15.2. The van der Waals surface area contributed by atoms with E-state index in [2.05, 4.69) is 341 Å². The van der Waals surface area contributed by atoms with Crippen LogP contribution < -0.4 is 0 Å². The molecule has 0 amide bonds. The van der Waals surface area contributed by atoms with Crippen molar-refractivity contribution < 1.29 is 0 Å². The maximum absolute atomic E-state index is 13.4. The summed E-state index contributed by atoms with van der Waals surface area (Å²) in [5, 5.41) is 26.5. The van der Waals surface area contributed by atoms with Crippen LogP contribution in [0, 0.1) is 11.3 Å². The molecule has 0 radical (unpaired) electrons. The minimum Gasteiger partial charge on any atom is -0.309 e. The molecule has 0 saturated carbocycles. The van der Waals surface area contributed by atoms with Gasteiger partial charge in [-0.3, -0.25) is 9.97 Å². The molecule has 0 spiro atoms. The molecule has 0 fully saturated rings. The summed E-state index contributed by atoms with van der Waals surface area (Å²) in [4.78, 5) is 10.9. The van der Waals surface area contributed by atoms with Gasteiger partial charge in [-0.1, -0.05) is 182 Å². The van der Waals surface area contributed by atoms with E-state index in [1.54, 1.807) is 0 Å². The van der Waals surface area contributed by atoms with Crippen molar-refractivity contribution in [3.63, 3.8) is 0 Å². The van der Waals surface area contributed by atoms with Gasteiger partial charge in [0.25, 0.3) is 0 Å². The first kappa shape index (κ1) is 53.6. The van der Waals surface area contributed by atoms with Gasteiger partial charge in [0.15, 0.2) is 0 Å². The lowest BCUT2D eigenvalue weighted by Gasteiger charge is -2.30. The molecule has 10 nitrogen and oxygen atoms in total. The van der Waals surface area contributed by atoms with Crippen molar-refractivity contribution in [1.82, 2.24) is 41.9 Å². The van der Waals surface area contributed by atoms with E-state index in [9.17, 15) is 5.26 Å². The van der Waals surface area contributed by atoms with Crippen LogP contribution in [0.5, 0.6) is 0 Å². The Morgan fingerprint density at radius 1 is 0.202 bits per heavy atom. The van der Waals surface area contributed by atoms with Crippen LogP contribution in [0.1, 0.15) is 5.56 Å². The molecule has 0 bridgehead atoms. The number of nitrogens with zero attached hydrogens (tertiary/aromatic N) is 10.